The summed E-state index contributed by atoms with van der Waals surface area (Å²) >= 11 is 0. The van der Waals surface area contributed by atoms with Crippen LogP contribution in [-0.2, 0) is 4.74 Å². The molecule has 1 unspecified atom stereocenters. The maximum absolute atomic E-state index is 12.0. The van der Waals surface area contributed by atoms with Gasteiger partial charge in [0.15, 0.2) is 0 Å². The molecule has 116 valence electrons. The Balaban J connectivity index is 1.76. The second kappa shape index (κ2) is 6.31. The minimum atomic E-state index is -0.469. The van der Waals surface area contributed by atoms with Crippen LogP contribution in [0.2, 0.25) is 0 Å². The van der Waals surface area contributed by atoms with Gasteiger partial charge in [0.05, 0.1) is 12.1 Å². The molecular formula is C15H28N2O3. The number of amides is 2. The maximum atomic E-state index is 12.0. The first-order valence-electron chi connectivity index (χ1n) is 7.69. The fraction of sp³-hybridized carbons (Fsp3) is 0.933. The summed E-state index contributed by atoms with van der Waals surface area (Å²) in [5.74, 6) is 0.421. The Hall–Kier alpha value is -0.810. The summed E-state index contributed by atoms with van der Waals surface area (Å²) in [6.45, 7) is 3.38. The van der Waals surface area contributed by atoms with Crippen LogP contribution in [0.1, 0.15) is 45.4 Å². The first-order valence-corrected chi connectivity index (χ1v) is 7.69. The molecule has 0 aromatic rings. The van der Waals surface area contributed by atoms with Crippen LogP contribution in [0.4, 0.5) is 4.79 Å². The first kappa shape index (κ1) is 15.6. The minimum Gasteiger partial charge on any atom is -0.394 e. The van der Waals surface area contributed by atoms with Crippen molar-refractivity contribution in [1.82, 2.24) is 10.6 Å². The van der Waals surface area contributed by atoms with Crippen molar-refractivity contribution < 1.29 is 14.6 Å². The number of carbonyl (C=O) groups is 1. The number of nitrogens with one attached hydrogen (secondary N) is 2. The Labute approximate surface area is 121 Å². The van der Waals surface area contributed by atoms with Crippen LogP contribution in [0.15, 0.2) is 0 Å². The van der Waals surface area contributed by atoms with E-state index in [1.807, 2.05) is 6.92 Å². The van der Waals surface area contributed by atoms with Gasteiger partial charge in [0.25, 0.3) is 0 Å². The average molecular weight is 284 g/mol. The zero-order valence-electron chi connectivity index (χ0n) is 12.7. The van der Waals surface area contributed by atoms with Gasteiger partial charge in [-0.1, -0.05) is 6.42 Å². The molecule has 3 N–H and O–H groups in total. The van der Waals surface area contributed by atoms with Gasteiger partial charge in [-0.25, -0.2) is 4.79 Å². The maximum Gasteiger partial charge on any atom is 0.315 e. The lowest BCUT2D eigenvalue weighted by molar-refractivity contribution is 0.0702. The van der Waals surface area contributed by atoms with E-state index in [2.05, 4.69) is 10.6 Å². The van der Waals surface area contributed by atoms with Gasteiger partial charge in [-0.2, -0.15) is 0 Å². The molecule has 5 heteroatoms. The molecule has 0 heterocycles. The smallest absolute Gasteiger partial charge is 0.315 e. The molecule has 2 saturated carbocycles. The highest BCUT2D eigenvalue weighted by molar-refractivity contribution is 5.75. The number of methoxy groups -OCH3 is 1. The summed E-state index contributed by atoms with van der Waals surface area (Å²) in [5, 5.41) is 15.4. The quantitative estimate of drug-likeness (QED) is 0.635. The van der Waals surface area contributed by atoms with Crippen LogP contribution in [0.25, 0.3) is 0 Å². The Morgan fingerprint density at radius 2 is 2.15 bits per heavy atom. The van der Waals surface area contributed by atoms with Crippen molar-refractivity contribution in [2.24, 2.45) is 11.3 Å². The Kier molecular flexibility index (Phi) is 4.91. The van der Waals surface area contributed by atoms with Gasteiger partial charge < -0.3 is 20.5 Å². The monoisotopic (exact) mass is 284 g/mol. The third-order valence-electron chi connectivity index (χ3n) is 5.08. The van der Waals surface area contributed by atoms with Crippen molar-refractivity contribution in [3.63, 3.8) is 0 Å². The molecular weight excluding hydrogens is 256 g/mol. The zero-order chi connectivity index (χ0) is 14.6. The molecule has 2 aliphatic carbocycles. The highest BCUT2D eigenvalue weighted by Gasteiger charge is 2.42. The molecule has 0 radical (unpaired) electrons. The average Bonchev–Trinajstić information content (AvgIpc) is 3.21. The number of hydrogen-bond donors (Lipinski definition) is 3. The lowest BCUT2D eigenvalue weighted by atomic mass is 9.67. The molecule has 0 spiro atoms. The van der Waals surface area contributed by atoms with Crippen LogP contribution in [0.3, 0.4) is 0 Å². The minimum absolute atomic E-state index is 0.0000950. The molecule has 0 aliphatic heterocycles. The molecule has 2 rings (SSSR count). The van der Waals surface area contributed by atoms with E-state index < -0.39 is 5.54 Å². The molecule has 2 amide bonds. The summed E-state index contributed by atoms with van der Waals surface area (Å²) in [6.07, 6.45) is 6.75. The van der Waals surface area contributed by atoms with E-state index in [0.717, 1.165) is 38.7 Å². The molecule has 1 atom stereocenters. The van der Waals surface area contributed by atoms with Crippen molar-refractivity contribution in [2.45, 2.75) is 51.0 Å². The Morgan fingerprint density at radius 3 is 2.60 bits per heavy atom. The Morgan fingerprint density at radius 1 is 1.45 bits per heavy atom. The number of carbonyl (C=O) groups excluding carboxylic acids is 1. The lowest BCUT2D eigenvalue weighted by Crippen LogP contribution is -2.56. The van der Waals surface area contributed by atoms with E-state index in [1.165, 1.54) is 6.42 Å². The number of rotatable bonds is 8. The second-order valence-electron chi connectivity index (χ2n) is 6.75. The van der Waals surface area contributed by atoms with Crippen molar-refractivity contribution in [1.29, 1.82) is 0 Å². The molecule has 20 heavy (non-hydrogen) atoms. The van der Waals surface area contributed by atoms with Gasteiger partial charge in [0.2, 0.25) is 0 Å². The van der Waals surface area contributed by atoms with Crippen LogP contribution >= 0.6 is 0 Å². The van der Waals surface area contributed by atoms with Gasteiger partial charge in [0.1, 0.15) is 0 Å². The summed E-state index contributed by atoms with van der Waals surface area (Å²) in [5.41, 5.74) is -0.244. The lowest BCUT2D eigenvalue weighted by Gasteiger charge is -2.42. The SMILES string of the molecule is COCCC1(CNC(=O)NC(C)(CO)C2CC2)CCC1. The number of aliphatic hydroxyl groups is 1. The number of hydrogen-bond acceptors (Lipinski definition) is 3. The van der Waals surface area contributed by atoms with Crippen molar-refractivity contribution in [3.8, 4) is 0 Å². The third-order valence-corrected chi connectivity index (χ3v) is 5.08. The topological polar surface area (TPSA) is 70.6 Å². The number of aliphatic hydroxyl groups excluding tert-OH is 1. The molecule has 0 aromatic heterocycles. The highest BCUT2D eigenvalue weighted by atomic mass is 16.5. The largest absolute Gasteiger partial charge is 0.394 e. The van der Waals surface area contributed by atoms with Gasteiger partial charge in [0, 0.05) is 20.3 Å². The predicted molar refractivity (Wildman–Crippen MR) is 77.5 cm³/mol. The fourth-order valence-electron chi connectivity index (χ4n) is 3.07. The molecule has 0 bridgehead atoms. The van der Waals surface area contributed by atoms with Gasteiger partial charge in [-0.3, -0.25) is 0 Å². The molecule has 5 nitrogen and oxygen atoms in total. The van der Waals surface area contributed by atoms with E-state index in [0.29, 0.717) is 12.5 Å². The molecule has 0 saturated heterocycles. The third kappa shape index (κ3) is 3.64. The highest BCUT2D eigenvalue weighted by Crippen LogP contribution is 2.43. The Bertz CT molecular complexity index is 340. The van der Waals surface area contributed by atoms with E-state index in [9.17, 15) is 9.90 Å². The fourth-order valence-corrected chi connectivity index (χ4v) is 3.07. The van der Waals surface area contributed by atoms with E-state index in [4.69, 9.17) is 4.74 Å². The summed E-state index contributed by atoms with van der Waals surface area (Å²) in [6, 6.07) is -0.155. The van der Waals surface area contributed by atoms with Crippen LogP contribution < -0.4 is 10.6 Å². The van der Waals surface area contributed by atoms with Crippen LogP contribution in [-0.4, -0.2) is 43.5 Å². The van der Waals surface area contributed by atoms with Crippen molar-refractivity contribution >= 4 is 6.03 Å². The van der Waals surface area contributed by atoms with E-state index in [1.54, 1.807) is 7.11 Å². The predicted octanol–water partition coefficient (Wildman–Crippen LogP) is 1.65. The van der Waals surface area contributed by atoms with Gasteiger partial charge >= 0.3 is 6.03 Å². The molecule has 2 fully saturated rings. The standard InChI is InChI=1S/C15H28N2O3/c1-14(11-18,12-4-5-12)17-13(19)16-10-15(6-3-7-15)8-9-20-2/h12,18H,3-11H2,1-2H3,(H2,16,17,19). The molecule has 2 aliphatic rings. The van der Waals surface area contributed by atoms with Crippen molar-refractivity contribution in [3.05, 3.63) is 0 Å². The van der Waals surface area contributed by atoms with Crippen LogP contribution in [0.5, 0.6) is 0 Å². The summed E-state index contributed by atoms with van der Waals surface area (Å²) in [7, 11) is 1.72. The summed E-state index contributed by atoms with van der Waals surface area (Å²) in [4.78, 5) is 12.0. The summed E-state index contributed by atoms with van der Waals surface area (Å²) < 4.78 is 5.16. The van der Waals surface area contributed by atoms with Gasteiger partial charge in [-0.05, 0) is 50.4 Å². The zero-order valence-corrected chi connectivity index (χ0v) is 12.7. The number of ether oxygens (including phenoxy) is 1. The number of urea groups is 1. The van der Waals surface area contributed by atoms with E-state index in [-0.39, 0.29) is 18.1 Å². The first-order chi connectivity index (χ1) is 9.53. The van der Waals surface area contributed by atoms with E-state index >= 15 is 0 Å². The van der Waals surface area contributed by atoms with Crippen molar-refractivity contribution in [2.75, 3.05) is 26.9 Å². The second-order valence-corrected chi connectivity index (χ2v) is 6.75. The molecule has 0 aromatic carbocycles. The van der Waals surface area contributed by atoms with Crippen LogP contribution in [0, 0.1) is 11.3 Å². The van der Waals surface area contributed by atoms with Gasteiger partial charge in [-0.15, -0.1) is 0 Å². The normalized spacial score (nSPS) is 23.6.